The van der Waals surface area contributed by atoms with Crippen LogP contribution in [-0.2, 0) is 84.3 Å². The third-order valence-electron chi connectivity index (χ3n) is 15.2. The third-order valence-corrected chi connectivity index (χ3v) is 16.6. The summed E-state index contributed by atoms with van der Waals surface area (Å²) in [5, 5.41) is 63.5. The highest BCUT2D eigenvalue weighted by Gasteiger charge is 2.45. The fourth-order valence-corrected chi connectivity index (χ4v) is 11.3. The van der Waals surface area contributed by atoms with Gasteiger partial charge in [0.15, 0.2) is 11.6 Å². The number of aromatic amines is 1. The lowest BCUT2D eigenvalue weighted by Crippen LogP contribution is -2.61. The van der Waals surface area contributed by atoms with Gasteiger partial charge in [0.2, 0.25) is 58.9 Å². The number of carbonyl (C=O) groups is 14. The maximum Gasteiger partial charge on any atom is 0.304 e. The number of carboxylic acids is 1. The number of rotatable bonds is 17. The molecule has 0 aliphatic carbocycles. The largest absolute Gasteiger partial charge is 0.481 e. The molecule has 5 rings (SSSR count). The second kappa shape index (κ2) is 30.9. The monoisotopic (exact) mass is 1230 g/mol. The number of carbonyl (C=O) groups excluding carboxylic acids is 13. The maximum absolute atomic E-state index is 15.1. The Morgan fingerprint density at radius 1 is 0.805 bits per heavy atom. The van der Waals surface area contributed by atoms with E-state index in [-0.39, 0.29) is 27.2 Å². The van der Waals surface area contributed by atoms with Crippen LogP contribution < -0.4 is 47.9 Å². The van der Waals surface area contributed by atoms with Gasteiger partial charge in [0.05, 0.1) is 72.9 Å². The number of anilines is 1. The minimum atomic E-state index is -2.54. The second-order valence-electron chi connectivity index (χ2n) is 21.6. The summed E-state index contributed by atoms with van der Waals surface area (Å²) in [6.45, 7) is 3.97. The first-order valence-corrected chi connectivity index (χ1v) is 29.0. The molecular formula is C56H71N11O19S. The molecule has 31 heteroatoms. The zero-order valence-electron chi connectivity index (χ0n) is 48.1. The molecule has 2 aromatic rings. The number of Topliss-reactive ketones (excluding diaryl/α,β-unsaturated/α-hetero) is 3. The molecule has 14 N–H and O–H groups in total. The van der Waals surface area contributed by atoms with Crippen molar-refractivity contribution in [3.63, 3.8) is 0 Å². The molecule has 30 nitrogen and oxygen atoms in total. The van der Waals surface area contributed by atoms with Crippen LogP contribution in [0.1, 0.15) is 78.7 Å². The van der Waals surface area contributed by atoms with E-state index in [1.807, 2.05) is 5.92 Å². The summed E-state index contributed by atoms with van der Waals surface area (Å²) >= 11 is 0. The Morgan fingerprint density at radius 3 is 2.10 bits per heavy atom. The van der Waals surface area contributed by atoms with Gasteiger partial charge < -0.3 is 78.2 Å². The number of nitrogens with one attached hydrogen (secondary N) is 10. The van der Waals surface area contributed by atoms with Crippen molar-refractivity contribution in [2.75, 3.05) is 37.3 Å². The first-order valence-electron chi connectivity index (χ1n) is 27.7. The quantitative estimate of drug-likeness (QED) is 0.0520. The number of ketones is 3. The molecule has 10 amide bonds. The molecular weight excluding hydrogens is 1160 g/mol. The summed E-state index contributed by atoms with van der Waals surface area (Å²) in [5.74, 6) is -16.7. The van der Waals surface area contributed by atoms with E-state index in [2.05, 4.69) is 52.8 Å². The average molecular weight is 1230 g/mol. The van der Waals surface area contributed by atoms with E-state index in [0.717, 1.165) is 4.90 Å². The number of aliphatic hydroxyl groups excluding tert-OH is 3. The van der Waals surface area contributed by atoms with Crippen molar-refractivity contribution in [2.24, 2.45) is 23.7 Å². The molecule has 4 heterocycles. The fourth-order valence-electron chi connectivity index (χ4n) is 9.90. The number of carboxylic acid groups (broad SMARTS) is 1. The predicted octanol–water partition coefficient (Wildman–Crippen LogP) is -5.19. The molecule has 2 bridgehead atoms. The number of fused-ring (bicyclic) bond motifs is 5. The fraction of sp³-hybridized carbons (Fsp3) is 0.536. The second-order valence-corrected chi connectivity index (χ2v) is 23.1. The molecule has 0 spiro atoms. The van der Waals surface area contributed by atoms with Crippen LogP contribution in [0, 0.1) is 48.4 Å². The van der Waals surface area contributed by atoms with Crippen molar-refractivity contribution >= 4 is 110 Å². The molecule has 1 fully saturated rings. The van der Waals surface area contributed by atoms with Gasteiger partial charge >= 0.3 is 5.97 Å². The van der Waals surface area contributed by atoms with Crippen LogP contribution in [0.4, 0.5) is 5.69 Å². The summed E-state index contributed by atoms with van der Waals surface area (Å²) in [6, 6.07) is -7.35. The van der Waals surface area contributed by atoms with Crippen LogP contribution in [0.15, 0.2) is 23.2 Å². The van der Waals surface area contributed by atoms with Crippen LogP contribution >= 0.6 is 0 Å². The Balaban J connectivity index is 1.66. The molecule has 1 aromatic heterocycles. The van der Waals surface area contributed by atoms with Gasteiger partial charge in [-0.3, -0.25) is 71.3 Å². The average Bonchev–Trinajstić information content (AvgIpc) is 3.09. The molecule has 87 heavy (non-hydrogen) atoms. The number of terminal acetylenes is 2. The van der Waals surface area contributed by atoms with Gasteiger partial charge in [-0.25, -0.2) is 0 Å². The highest BCUT2D eigenvalue weighted by atomic mass is 32.2. The molecule has 0 saturated carbocycles. The minimum Gasteiger partial charge on any atom is -0.481 e. The number of aliphatic hydroxyl groups is 3. The van der Waals surface area contributed by atoms with Crippen molar-refractivity contribution in [3.8, 4) is 24.7 Å². The van der Waals surface area contributed by atoms with Crippen LogP contribution in [0.5, 0.6) is 0 Å². The summed E-state index contributed by atoms with van der Waals surface area (Å²) in [5.41, 5.74) is 0.0572. The molecule has 0 radical (unpaired) electrons. The lowest BCUT2D eigenvalue weighted by Gasteiger charge is -2.32. The summed E-state index contributed by atoms with van der Waals surface area (Å²) in [7, 11) is -2.54. The Bertz CT molecular complexity index is 3160. The standard InChI is InChI=1S/C56H71N11O19S/c1-8-25(4)47-53(83)58-20-44(75)62-38-24-87(86)55-34(33-16-30(11-12-35(33)64-55)60-49(79)26(5)13-40(71)28(7)59-51(81)36(17-31(69)9-2)61-43(74)10-3)19-37(50(80)57-21-45(76)65-47)63-54(84)48(27(6)42(73)23-68)66-52(82)39-18-32(70)22-67(39)56(85)29(14-41(38)72)15-46(77)78/h2-3,11-12,16,25-29,32,36-39,42,47-48,64,68,70,73H,8,13-15,17-24H2,1,4-7H3,(H,57,80)(H,58,83)(H,59,81)(H,60,79)(H,61,74)(H,62,75)(H,63,84)(H,65,76)(H,66,82)(H,77,78)/t25-,26+,27?,28-,29-,32+,36?,37-,38-,39-,42?,47-,48-,87?/m0/s1. The van der Waals surface area contributed by atoms with Crippen LogP contribution in [-0.4, -0.2) is 203 Å². The summed E-state index contributed by atoms with van der Waals surface area (Å²) in [4.78, 5) is 194. The first kappa shape index (κ1) is 68.9. The number of H-pyrrole nitrogens is 1. The van der Waals surface area contributed by atoms with Gasteiger partial charge in [-0.05, 0) is 48.4 Å². The van der Waals surface area contributed by atoms with Crippen molar-refractivity contribution in [1.29, 1.82) is 0 Å². The lowest BCUT2D eigenvalue weighted by atomic mass is 9.93. The van der Waals surface area contributed by atoms with E-state index in [9.17, 15) is 87.5 Å². The van der Waals surface area contributed by atoms with Gasteiger partial charge in [-0.1, -0.05) is 34.1 Å². The first-order chi connectivity index (χ1) is 41.0. The predicted molar refractivity (Wildman–Crippen MR) is 304 cm³/mol. The van der Waals surface area contributed by atoms with Crippen LogP contribution in [0.25, 0.3) is 10.9 Å². The molecule has 3 aliphatic heterocycles. The van der Waals surface area contributed by atoms with Crippen molar-refractivity contribution in [2.45, 2.75) is 139 Å². The lowest BCUT2D eigenvalue weighted by molar-refractivity contribution is -0.148. The maximum atomic E-state index is 15.1. The molecule has 1 saturated heterocycles. The van der Waals surface area contributed by atoms with Gasteiger partial charge in [-0.15, -0.1) is 12.8 Å². The number of benzene rings is 1. The minimum absolute atomic E-state index is 0.00895. The Kier molecular flexibility index (Phi) is 24.5. The zero-order valence-corrected chi connectivity index (χ0v) is 49.0. The molecule has 1 aromatic carbocycles. The van der Waals surface area contributed by atoms with E-state index in [1.54, 1.807) is 19.8 Å². The van der Waals surface area contributed by atoms with Crippen molar-refractivity contribution in [3.05, 3.63) is 23.8 Å². The van der Waals surface area contributed by atoms with E-state index in [1.165, 1.54) is 39.0 Å². The molecule has 3 aliphatic rings. The Labute approximate surface area is 500 Å². The smallest absolute Gasteiger partial charge is 0.304 e. The number of aromatic nitrogens is 1. The molecule has 14 atom stereocenters. The highest BCUT2D eigenvalue weighted by molar-refractivity contribution is 7.85. The Hall–Kier alpha value is -8.91. The summed E-state index contributed by atoms with van der Waals surface area (Å²) < 4.78 is 15.1. The number of hydrogen-bond acceptors (Lipinski definition) is 18. The van der Waals surface area contributed by atoms with E-state index >= 15 is 4.21 Å². The summed E-state index contributed by atoms with van der Waals surface area (Å²) in [6.07, 6.45) is 3.00. The van der Waals surface area contributed by atoms with Gasteiger partial charge in [-0.2, -0.15) is 0 Å². The number of nitrogens with zero attached hydrogens (tertiary/aromatic N) is 1. The topological polar surface area (TPSA) is 464 Å². The normalized spacial score (nSPS) is 24.8. The third kappa shape index (κ3) is 18.3. The van der Waals surface area contributed by atoms with Gasteiger partial charge in [0, 0.05) is 67.1 Å². The van der Waals surface area contributed by atoms with Gasteiger partial charge in [0.25, 0.3) is 5.91 Å². The van der Waals surface area contributed by atoms with Gasteiger partial charge in [0.1, 0.15) is 35.2 Å². The number of aliphatic carboxylic acids is 1. The van der Waals surface area contributed by atoms with Crippen LogP contribution in [0.3, 0.4) is 0 Å². The van der Waals surface area contributed by atoms with Crippen LogP contribution in [0.2, 0.25) is 0 Å². The van der Waals surface area contributed by atoms with Crippen molar-refractivity contribution in [1.82, 2.24) is 52.4 Å². The number of amides is 10. The number of hydrogen-bond donors (Lipinski definition) is 14. The molecule has 4 unspecified atom stereocenters. The van der Waals surface area contributed by atoms with E-state index in [0.29, 0.717) is 6.42 Å². The van der Waals surface area contributed by atoms with E-state index in [4.69, 9.17) is 12.8 Å². The SMILES string of the molecule is C#CC(=O)CC(NC(=O)C#C)C(=O)N[C@@H](C)C(=O)C[C@@H](C)C(=O)Nc1ccc2[nH]c3c(c2c1)C[C@@H]1NC(=O)[C@H](C(C)C(O)CO)NC(=O)[C@@H]2C[C@@H](O)CN2C(=O)[C@H](CC(=O)O)CC(=O)[C@H](CS3=O)NC(=O)CNC(=O)[C@H]([C@@H](C)CC)NC(=O)CNC1=O. The highest BCUT2D eigenvalue weighted by Crippen LogP contribution is 2.31. The van der Waals surface area contributed by atoms with E-state index < -0.39 is 242 Å². The molecule has 470 valence electrons. The zero-order chi connectivity index (χ0) is 64.7. The van der Waals surface area contributed by atoms with Crippen molar-refractivity contribution < 1.29 is 91.8 Å². The Morgan fingerprint density at radius 2 is 1.47 bits per heavy atom.